The molecule has 1 aromatic rings. The van der Waals surface area contributed by atoms with Gasteiger partial charge >= 0.3 is 0 Å². The number of rotatable bonds is 1. The first-order valence-electron chi connectivity index (χ1n) is 6.35. The first kappa shape index (κ1) is 14.3. The van der Waals surface area contributed by atoms with Crippen molar-refractivity contribution in [2.75, 3.05) is 18.1 Å². The molecule has 1 aromatic carbocycles. The van der Waals surface area contributed by atoms with E-state index in [0.29, 0.717) is 6.54 Å². The van der Waals surface area contributed by atoms with E-state index in [-0.39, 0.29) is 17.2 Å². The standard InChI is InChI=1S/C14H17F2NOS/c1-9-7-13(16)11(8-12(9)15)14(18)17-4-6-19-5-3-10(17)2/h7-8,10H,3-6H2,1-2H3/t10-/m1/s1. The molecule has 0 unspecified atom stereocenters. The van der Waals surface area contributed by atoms with E-state index in [2.05, 4.69) is 0 Å². The second kappa shape index (κ2) is 5.90. The van der Waals surface area contributed by atoms with E-state index in [0.717, 1.165) is 30.1 Å². The number of amides is 1. The summed E-state index contributed by atoms with van der Waals surface area (Å²) in [7, 11) is 0. The van der Waals surface area contributed by atoms with Crippen LogP contribution in [0.1, 0.15) is 29.3 Å². The molecule has 1 fully saturated rings. The van der Waals surface area contributed by atoms with Gasteiger partial charge in [0.25, 0.3) is 5.91 Å². The number of hydrogen-bond acceptors (Lipinski definition) is 2. The van der Waals surface area contributed by atoms with E-state index in [1.54, 1.807) is 16.7 Å². The van der Waals surface area contributed by atoms with E-state index in [1.807, 2.05) is 6.92 Å². The molecule has 2 nitrogen and oxygen atoms in total. The Morgan fingerprint density at radius 2 is 2.05 bits per heavy atom. The van der Waals surface area contributed by atoms with Gasteiger partial charge in [0.2, 0.25) is 0 Å². The van der Waals surface area contributed by atoms with Crippen LogP contribution in [0.3, 0.4) is 0 Å². The second-order valence-electron chi connectivity index (χ2n) is 4.83. The lowest BCUT2D eigenvalue weighted by atomic mass is 10.1. The first-order valence-corrected chi connectivity index (χ1v) is 7.50. The molecule has 0 N–H and O–H groups in total. The minimum Gasteiger partial charge on any atom is -0.335 e. The van der Waals surface area contributed by atoms with Crippen molar-refractivity contribution in [1.29, 1.82) is 0 Å². The molecule has 1 aliphatic heterocycles. The van der Waals surface area contributed by atoms with Gasteiger partial charge < -0.3 is 4.90 Å². The number of thioether (sulfide) groups is 1. The molecule has 19 heavy (non-hydrogen) atoms. The molecular formula is C14H17F2NOS. The third kappa shape index (κ3) is 3.08. The van der Waals surface area contributed by atoms with Gasteiger partial charge in [0, 0.05) is 18.3 Å². The van der Waals surface area contributed by atoms with Crippen molar-refractivity contribution in [3.8, 4) is 0 Å². The van der Waals surface area contributed by atoms with Crippen LogP contribution >= 0.6 is 11.8 Å². The van der Waals surface area contributed by atoms with Crippen molar-refractivity contribution in [2.45, 2.75) is 26.3 Å². The summed E-state index contributed by atoms with van der Waals surface area (Å²) in [5.74, 6) is 0.239. The number of hydrogen-bond donors (Lipinski definition) is 0. The number of benzene rings is 1. The fourth-order valence-electron chi connectivity index (χ4n) is 2.16. The molecular weight excluding hydrogens is 268 g/mol. The van der Waals surface area contributed by atoms with Crippen LogP contribution in [0.25, 0.3) is 0 Å². The predicted molar refractivity (Wildman–Crippen MR) is 73.5 cm³/mol. The lowest BCUT2D eigenvalue weighted by Gasteiger charge is -2.27. The zero-order chi connectivity index (χ0) is 14.0. The predicted octanol–water partition coefficient (Wildman–Crippen LogP) is 3.24. The van der Waals surface area contributed by atoms with Crippen molar-refractivity contribution in [3.05, 3.63) is 34.9 Å². The first-order chi connectivity index (χ1) is 9.00. The van der Waals surface area contributed by atoms with Crippen molar-refractivity contribution in [3.63, 3.8) is 0 Å². The molecule has 104 valence electrons. The molecule has 1 saturated heterocycles. The van der Waals surface area contributed by atoms with Crippen molar-refractivity contribution in [2.24, 2.45) is 0 Å². The molecule has 0 aliphatic carbocycles. The Bertz CT molecular complexity index is 493. The highest BCUT2D eigenvalue weighted by Gasteiger charge is 2.26. The molecule has 1 atom stereocenters. The van der Waals surface area contributed by atoms with Gasteiger partial charge in [-0.15, -0.1) is 0 Å². The summed E-state index contributed by atoms with van der Waals surface area (Å²) >= 11 is 1.78. The Kier molecular flexibility index (Phi) is 4.45. The maximum atomic E-state index is 13.8. The summed E-state index contributed by atoms with van der Waals surface area (Å²) < 4.78 is 27.4. The van der Waals surface area contributed by atoms with Gasteiger partial charge in [0.15, 0.2) is 0 Å². The van der Waals surface area contributed by atoms with Crippen LogP contribution in [0.15, 0.2) is 12.1 Å². The fourth-order valence-corrected chi connectivity index (χ4v) is 3.20. The number of nitrogens with zero attached hydrogens (tertiary/aromatic N) is 1. The smallest absolute Gasteiger partial charge is 0.257 e. The Morgan fingerprint density at radius 1 is 1.32 bits per heavy atom. The lowest BCUT2D eigenvalue weighted by molar-refractivity contribution is 0.0701. The number of carbonyl (C=O) groups excluding carboxylic acids is 1. The van der Waals surface area contributed by atoms with E-state index in [1.165, 1.54) is 6.92 Å². The summed E-state index contributed by atoms with van der Waals surface area (Å²) in [6, 6.07) is 2.16. The van der Waals surface area contributed by atoms with Crippen LogP contribution in [0.4, 0.5) is 8.78 Å². The van der Waals surface area contributed by atoms with E-state index in [4.69, 9.17) is 0 Å². The average molecular weight is 285 g/mol. The van der Waals surface area contributed by atoms with Crippen molar-refractivity contribution in [1.82, 2.24) is 4.90 Å². The fraction of sp³-hybridized carbons (Fsp3) is 0.500. The van der Waals surface area contributed by atoms with Gasteiger partial charge in [0.1, 0.15) is 11.6 Å². The summed E-state index contributed by atoms with van der Waals surface area (Å²) in [6.07, 6.45) is 0.881. The van der Waals surface area contributed by atoms with E-state index >= 15 is 0 Å². The van der Waals surface area contributed by atoms with Gasteiger partial charge in [-0.1, -0.05) is 0 Å². The van der Waals surface area contributed by atoms with Crippen molar-refractivity contribution >= 4 is 17.7 Å². The highest BCUT2D eigenvalue weighted by molar-refractivity contribution is 7.99. The molecule has 0 aromatic heterocycles. The molecule has 5 heteroatoms. The largest absolute Gasteiger partial charge is 0.335 e. The molecule has 1 amide bonds. The van der Waals surface area contributed by atoms with Crippen LogP contribution in [-0.2, 0) is 0 Å². The summed E-state index contributed by atoms with van der Waals surface area (Å²) in [5, 5.41) is 0. The second-order valence-corrected chi connectivity index (χ2v) is 6.05. The zero-order valence-corrected chi connectivity index (χ0v) is 11.9. The van der Waals surface area contributed by atoms with Crippen LogP contribution in [-0.4, -0.2) is 34.9 Å². The van der Waals surface area contributed by atoms with Gasteiger partial charge in [-0.25, -0.2) is 8.78 Å². The topological polar surface area (TPSA) is 20.3 Å². The number of carbonyl (C=O) groups is 1. The van der Waals surface area contributed by atoms with Gasteiger partial charge in [-0.2, -0.15) is 11.8 Å². The maximum Gasteiger partial charge on any atom is 0.257 e. The monoisotopic (exact) mass is 285 g/mol. The third-order valence-electron chi connectivity index (χ3n) is 3.43. The average Bonchev–Trinajstić information content (AvgIpc) is 2.58. The SMILES string of the molecule is Cc1cc(F)c(C(=O)N2CCSCC[C@H]2C)cc1F. The highest BCUT2D eigenvalue weighted by atomic mass is 32.2. The summed E-state index contributed by atoms with van der Waals surface area (Å²) in [4.78, 5) is 14.0. The Hall–Kier alpha value is -1.10. The van der Waals surface area contributed by atoms with Gasteiger partial charge in [0.05, 0.1) is 5.56 Å². The Balaban J connectivity index is 2.30. The maximum absolute atomic E-state index is 13.8. The molecule has 1 heterocycles. The van der Waals surface area contributed by atoms with Gasteiger partial charge in [-0.05, 0) is 43.7 Å². The minimum absolute atomic E-state index is 0.0614. The molecule has 0 radical (unpaired) electrons. The third-order valence-corrected chi connectivity index (χ3v) is 4.42. The molecule has 2 rings (SSSR count). The van der Waals surface area contributed by atoms with Crippen LogP contribution in [0, 0.1) is 18.6 Å². The normalized spacial score (nSPS) is 20.2. The molecule has 1 aliphatic rings. The molecule has 0 bridgehead atoms. The number of aryl methyl sites for hydroxylation is 1. The number of halogens is 2. The molecule has 0 saturated carbocycles. The Morgan fingerprint density at radius 3 is 2.79 bits per heavy atom. The summed E-state index contributed by atoms with van der Waals surface area (Å²) in [6.45, 7) is 4.02. The van der Waals surface area contributed by atoms with Crippen LogP contribution < -0.4 is 0 Å². The van der Waals surface area contributed by atoms with Crippen LogP contribution in [0.2, 0.25) is 0 Å². The summed E-state index contributed by atoms with van der Waals surface area (Å²) in [5.41, 5.74) is 0.0513. The van der Waals surface area contributed by atoms with E-state index < -0.39 is 17.5 Å². The minimum atomic E-state index is -0.645. The molecule has 0 spiro atoms. The highest BCUT2D eigenvalue weighted by Crippen LogP contribution is 2.21. The van der Waals surface area contributed by atoms with Crippen LogP contribution in [0.5, 0.6) is 0 Å². The van der Waals surface area contributed by atoms with E-state index in [9.17, 15) is 13.6 Å². The Labute approximate surface area is 116 Å². The quantitative estimate of drug-likeness (QED) is 0.789. The van der Waals surface area contributed by atoms with Crippen molar-refractivity contribution < 1.29 is 13.6 Å². The lowest BCUT2D eigenvalue weighted by Crippen LogP contribution is -2.39. The van der Waals surface area contributed by atoms with Gasteiger partial charge in [-0.3, -0.25) is 4.79 Å². The zero-order valence-electron chi connectivity index (χ0n) is 11.1.